The van der Waals surface area contributed by atoms with Gasteiger partial charge in [0.15, 0.2) is 0 Å². The zero-order valence-corrected chi connectivity index (χ0v) is 12.4. The lowest BCUT2D eigenvalue weighted by Gasteiger charge is -2.13. The number of esters is 1. The molecular weight excluding hydrogens is 312 g/mol. The number of carbonyl (C=O) groups is 3. The lowest BCUT2D eigenvalue weighted by molar-refractivity contribution is -0.137. The third kappa shape index (κ3) is 3.10. The fraction of sp³-hybridized carbons (Fsp3) is 0.214. The van der Waals surface area contributed by atoms with E-state index in [0.29, 0.717) is 5.69 Å². The third-order valence-corrected chi connectivity index (χ3v) is 3.31. The minimum Gasteiger partial charge on any atom is -0.465 e. The molecule has 0 saturated heterocycles. The Balaban J connectivity index is 2.22. The lowest BCUT2D eigenvalue weighted by atomic mass is 10.2. The Morgan fingerprint density at radius 1 is 1.41 bits per heavy atom. The second-order valence-corrected chi connectivity index (χ2v) is 4.80. The number of anilines is 1. The predicted octanol–water partition coefficient (Wildman–Crippen LogP) is 0.783. The van der Waals surface area contributed by atoms with E-state index in [-0.39, 0.29) is 29.4 Å². The van der Waals surface area contributed by atoms with Gasteiger partial charge in [-0.15, -0.1) is 0 Å². The summed E-state index contributed by atoms with van der Waals surface area (Å²) in [6.07, 6.45) is 1.13. The van der Waals surface area contributed by atoms with Gasteiger partial charge in [0.25, 0.3) is 11.8 Å². The van der Waals surface area contributed by atoms with Crippen LogP contribution in [0.4, 0.5) is 5.69 Å². The minimum absolute atomic E-state index is 0.0524. The quantitative estimate of drug-likeness (QED) is 0.614. The normalized spacial score (nSPS) is 14.1. The summed E-state index contributed by atoms with van der Waals surface area (Å²) in [6.45, 7) is -0.389. The first-order chi connectivity index (χ1) is 10.5. The Hall–Kier alpha value is -2.38. The highest BCUT2D eigenvalue weighted by molar-refractivity contribution is 6.33. The monoisotopic (exact) mass is 324 g/mol. The molecule has 0 aromatic heterocycles. The standard InChI is InChI=1S/C14H13ClN2O5/c1-22-14(21)9-6-8(2-3-10(9)15)16-11-7-12(19)17(4-5-18)13(11)20/h2-3,6-7,16,18H,4-5H2,1H3. The van der Waals surface area contributed by atoms with E-state index in [1.807, 2.05) is 0 Å². The number of hydrogen-bond donors (Lipinski definition) is 2. The van der Waals surface area contributed by atoms with Gasteiger partial charge >= 0.3 is 5.97 Å². The molecule has 0 aliphatic carbocycles. The fourth-order valence-corrected chi connectivity index (χ4v) is 2.13. The van der Waals surface area contributed by atoms with Gasteiger partial charge in [0.05, 0.1) is 30.8 Å². The van der Waals surface area contributed by atoms with Gasteiger partial charge in [-0.25, -0.2) is 4.79 Å². The molecule has 22 heavy (non-hydrogen) atoms. The van der Waals surface area contributed by atoms with Crippen molar-refractivity contribution in [3.8, 4) is 0 Å². The van der Waals surface area contributed by atoms with Crippen LogP contribution in [0.3, 0.4) is 0 Å². The van der Waals surface area contributed by atoms with Gasteiger partial charge in [-0.05, 0) is 18.2 Å². The highest BCUT2D eigenvalue weighted by atomic mass is 35.5. The summed E-state index contributed by atoms with van der Waals surface area (Å²) in [6, 6.07) is 4.45. The second kappa shape index (κ2) is 6.59. The molecule has 1 aromatic rings. The second-order valence-electron chi connectivity index (χ2n) is 4.39. The molecule has 0 unspecified atom stereocenters. The minimum atomic E-state index is -0.613. The fourth-order valence-electron chi connectivity index (χ4n) is 1.93. The molecule has 8 heteroatoms. The SMILES string of the molecule is COC(=O)c1cc(NC2=CC(=O)N(CCO)C2=O)ccc1Cl. The summed E-state index contributed by atoms with van der Waals surface area (Å²) in [5.41, 5.74) is 0.596. The zero-order valence-electron chi connectivity index (χ0n) is 11.6. The van der Waals surface area contributed by atoms with Gasteiger partial charge in [0.2, 0.25) is 0 Å². The van der Waals surface area contributed by atoms with Crippen LogP contribution >= 0.6 is 11.6 Å². The number of methoxy groups -OCH3 is 1. The van der Waals surface area contributed by atoms with Crippen LogP contribution in [0.2, 0.25) is 5.02 Å². The van der Waals surface area contributed by atoms with Gasteiger partial charge in [0.1, 0.15) is 5.70 Å². The maximum absolute atomic E-state index is 12.0. The number of halogens is 1. The first-order valence-electron chi connectivity index (χ1n) is 6.31. The van der Waals surface area contributed by atoms with Crippen molar-refractivity contribution in [2.75, 3.05) is 25.6 Å². The number of ether oxygens (including phenoxy) is 1. The van der Waals surface area contributed by atoms with Crippen molar-refractivity contribution in [2.24, 2.45) is 0 Å². The van der Waals surface area contributed by atoms with Crippen LogP contribution in [0, 0.1) is 0 Å². The Labute approximate surface area is 131 Å². The molecule has 1 aliphatic heterocycles. The van der Waals surface area contributed by atoms with E-state index in [2.05, 4.69) is 10.1 Å². The summed E-state index contributed by atoms with van der Waals surface area (Å²) in [5.74, 6) is -1.67. The number of amides is 2. The molecule has 0 bridgehead atoms. The van der Waals surface area contributed by atoms with Crippen LogP contribution < -0.4 is 5.32 Å². The van der Waals surface area contributed by atoms with Crippen LogP contribution in [-0.4, -0.2) is 48.1 Å². The lowest BCUT2D eigenvalue weighted by Crippen LogP contribution is -2.34. The largest absolute Gasteiger partial charge is 0.465 e. The number of aliphatic hydroxyl groups excluding tert-OH is 1. The van der Waals surface area contributed by atoms with Crippen LogP contribution in [0.15, 0.2) is 30.0 Å². The molecule has 0 radical (unpaired) electrons. The molecule has 2 rings (SSSR count). The first kappa shape index (κ1) is 16.0. The molecule has 0 spiro atoms. The van der Waals surface area contributed by atoms with E-state index in [0.717, 1.165) is 11.0 Å². The number of nitrogens with one attached hydrogen (secondary N) is 1. The van der Waals surface area contributed by atoms with Crippen molar-refractivity contribution in [3.05, 3.63) is 40.6 Å². The smallest absolute Gasteiger partial charge is 0.339 e. The maximum Gasteiger partial charge on any atom is 0.339 e. The van der Waals surface area contributed by atoms with Crippen molar-refractivity contribution in [3.63, 3.8) is 0 Å². The zero-order chi connectivity index (χ0) is 16.3. The van der Waals surface area contributed by atoms with Gasteiger partial charge < -0.3 is 15.2 Å². The molecule has 1 heterocycles. The third-order valence-electron chi connectivity index (χ3n) is 2.98. The number of nitrogens with zero attached hydrogens (tertiary/aromatic N) is 1. The molecule has 1 aliphatic rings. The van der Waals surface area contributed by atoms with Crippen LogP contribution in [-0.2, 0) is 14.3 Å². The molecule has 0 atom stereocenters. The van der Waals surface area contributed by atoms with E-state index in [1.165, 1.54) is 19.2 Å². The average Bonchev–Trinajstić information content (AvgIpc) is 2.76. The van der Waals surface area contributed by atoms with Gasteiger partial charge in [-0.2, -0.15) is 0 Å². The Morgan fingerprint density at radius 2 is 2.14 bits per heavy atom. The van der Waals surface area contributed by atoms with Crippen molar-refractivity contribution in [1.82, 2.24) is 4.90 Å². The summed E-state index contributed by atoms with van der Waals surface area (Å²) in [7, 11) is 1.23. The molecule has 2 N–H and O–H groups in total. The molecular formula is C14H13ClN2O5. The number of rotatable bonds is 5. The Morgan fingerprint density at radius 3 is 2.77 bits per heavy atom. The Bertz CT molecular complexity index is 671. The summed E-state index contributed by atoms with van der Waals surface area (Å²) in [4.78, 5) is 36.1. The van der Waals surface area contributed by atoms with Crippen LogP contribution in [0.25, 0.3) is 0 Å². The van der Waals surface area contributed by atoms with Crippen molar-refractivity contribution in [1.29, 1.82) is 0 Å². The maximum atomic E-state index is 12.0. The van der Waals surface area contributed by atoms with Gasteiger partial charge in [-0.3, -0.25) is 14.5 Å². The van der Waals surface area contributed by atoms with E-state index in [9.17, 15) is 14.4 Å². The van der Waals surface area contributed by atoms with Crippen molar-refractivity contribution in [2.45, 2.75) is 0 Å². The number of benzene rings is 1. The summed E-state index contributed by atoms with van der Waals surface area (Å²) in [5, 5.41) is 11.8. The van der Waals surface area contributed by atoms with E-state index in [1.54, 1.807) is 6.07 Å². The highest BCUT2D eigenvalue weighted by Crippen LogP contribution is 2.23. The van der Waals surface area contributed by atoms with Crippen LogP contribution in [0.1, 0.15) is 10.4 Å². The summed E-state index contributed by atoms with van der Waals surface area (Å²) >= 11 is 5.90. The van der Waals surface area contributed by atoms with Gasteiger partial charge in [0, 0.05) is 11.8 Å². The molecule has 116 valence electrons. The van der Waals surface area contributed by atoms with Gasteiger partial charge in [-0.1, -0.05) is 11.6 Å². The number of hydrogen-bond acceptors (Lipinski definition) is 6. The number of carbonyl (C=O) groups excluding carboxylic acids is 3. The Kier molecular flexibility index (Phi) is 4.79. The van der Waals surface area contributed by atoms with Crippen LogP contribution in [0.5, 0.6) is 0 Å². The van der Waals surface area contributed by atoms with Crippen molar-refractivity contribution < 1.29 is 24.2 Å². The number of β-amino-alcohol motifs (C(OH)–C–C–N with tert-alkyl or cyclic N) is 1. The molecule has 7 nitrogen and oxygen atoms in total. The number of imide groups is 1. The molecule has 2 amide bonds. The number of aliphatic hydroxyl groups is 1. The first-order valence-corrected chi connectivity index (χ1v) is 6.69. The van der Waals surface area contributed by atoms with Crippen molar-refractivity contribution >= 4 is 35.1 Å². The predicted molar refractivity (Wildman–Crippen MR) is 78.3 cm³/mol. The molecule has 0 fully saturated rings. The molecule has 0 saturated carbocycles. The average molecular weight is 325 g/mol. The van der Waals surface area contributed by atoms with E-state index in [4.69, 9.17) is 16.7 Å². The summed E-state index contributed by atoms with van der Waals surface area (Å²) < 4.78 is 4.61. The molecule has 1 aromatic carbocycles. The van der Waals surface area contributed by atoms with E-state index < -0.39 is 17.8 Å². The van der Waals surface area contributed by atoms with E-state index >= 15 is 0 Å². The topological polar surface area (TPSA) is 95.9 Å². The highest BCUT2D eigenvalue weighted by Gasteiger charge is 2.30.